The Labute approximate surface area is 140 Å². The molecule has 2 heterocycles. The van der Waals surface area contributed by atoms with E-state index >= 15 is 0 Å². The smallest absolute Gasteiger partial charge is 0.227 e. The molecule has 1 aliphatic heterocycles. The molecule has 1 aromatic heterocycles. The van der Waals surface area contributed by atoms with E-state index in [1.165, 1.54) is 0 Å². The molecule has 124 valence electrons. The third-order valence-electron chi connectivity index (χ3n) is 4.36. The summed E-state index contributed by atoms with van der Waals surface area (Å²) >= 11 is 0. The zero-order valence-electron chi connectivity index (χ0n) is 13.4. The van der Waals surface area contributed by atoms with E-state index in [-0.39, 0.29) is 11.8 Å². The van der Waals surface area contributed by atoms with E-state index in [1.54, 1.807) is 0 Å². The molecule has 0 spiro atoms. The lowest BCUT2D eigenvalue weighted by Gasteiger charge is -2.27. The third-order valence-corrected chi connectivity index (χ3v) is 4.36. The fraction of sp³-hybridized carbons (Fsp3) is 0.389. The number of benzene rings is 1. The molecule has 0 radical (unpaired) electrons. The lowest BCUT2D eigenvalue weighted by atomic mass is 10.1. The minimum Gasteiger partial charge on any atom is -0.378 e. The first-order valence-electron chi connectivity index (χ1n) is 8.37. The second kappa shape index (κ2) is 6.57. The number of nitrogens with one attached hydrogen (secondary N) is 1. The van der Waals surface area contributed by atoms with Gasteiger partial charge in [0.05, 0.1) is 18.9 Å². The van der Waals surface area contributed by atoms with Crippen LogP contribution in [0.1, 0.15) is 12.8 Å². The topological polar surface area (TPSA) is 67.4 Å². The number of anilines is 2. The number of hydrogen-bond donors (Lipinski definition) is 1. The number of nitrogens with zero attached hydrogens (tertiary/aromatic N) is 3. The average molecular weight is 324 g/mol. The van der Waals surface area contributed by atoms with Gasteiger partial charge in [0.15, 0.2) is 5.82 Å². The van der Waals surface area contributed by atoms with E-state index < -0.39 is 0 Å². The van der Waals surface area contributed by atoms with Crippen molar-refractivity contribution in [1.29, 1.82) is 0 Å². The fourth-order valence-electron chi connectivity index (χ4n) is 2.79. The molecule has 0 bridgehead atoms. The van der Waals surface area contributed by atoms with Crippen LogP contribution < -0.4 is 10.2 Å². The first kappa shape index (κ1) is 15.1. The number of aromatic nitrogens is 2. The summed E-state index contributed by atoms with van der Waals surface area (Å²) in [7, 11) is 0. The average Bonchev–Trinajstić information content (AvgIpc) is 3.48. The van der Waals surface area contributed by atoms with Crippen LogP contribution in [-0.2, 0) is 9.53 Å². The quantitative estimate of drug-likeness (QED) is 0.935. The first-order valence-corrected chi connectivity index (χ1v) is 8.37. The zero-order valence-corrected chi connectivity index (χ0v) is 13.4. The molecule has 2 aliphatic rings. The molecule has 1 amide bonds. The summed E-state index contributed by atoms with van der Waals surface area (Å²) in [6, 6.07) is 11.7. The zero-order chi connectivity index (χ0) is 16.4. The van der Waals surface area contributed by atoms with E-state index in [4.69, 9.17) is 4.74 Å². The summed E-state index contributed by atoms with van der Waals surface area (Å²) in [4.78, 5) is 14.1. The molecule has 0 unspecified atom stereocenters. The Hall–Kier alpha value is -2.47. The minimum absolute atomic E-state index is 0.112. The summed E-state index contributed by atoms with van der Waals surface area (Å²) < 4.78 is 5.36. The van der Waals surface area contributed by atoms with E-state index in [2.05, 4.69) is 20.4 Å². The summed E-state index contributed by atoms with van der Waals surface area (Å²) in [6.45, 7) is 3.14. The van der Waals surface area contributed by atoms with E-state index in [9.17, 15) is 4.79 Å². The van der Waals surface area contributed by atoms with Gasteiger partial charge < -0.3 is 15.0 Å². The van der Waals surface area contributed by atoms with Crippen molar-refractivity contribution in [1.82, 2.24) is 10.2 Å². The molecule has 4 rings (SSSR count). The maximum Gasteiger partial charge on any atom is 0.227 e. The molecule has 0 atom stereocenters. The molecule has 6 heteroatoms. The van der Waals surface area contributed by atoms with Crippen LogP contribution in [0.2, 0.25) is 0 Å². The Bertz CT molecular complexity index is 722. The first-order chi connectivity index (χ1) is 11.8. The number of carbonyl (C=O) groups excluding carboxylic acids is 1. The summed E-state index contributed by atoms with van der Waals surface area (Å²) in [5.74, 6) is 1.18. The second-order valence-corrected chi connectivity index (χ2v) is 6.22. The van der Waals surface area contributed by atoms with Crippen LogP contribution in [-0.4, -0.2) is 42.4 Å². The normalized spacial score (nSPS) is 17.6. The van der Waals surface area contributed by atoms with Gasteiger partial charge in [-0.05, 0) is 37.1 Å². The number of amides is 1. The van der Waals surface area contributed by atoms with Crippen molar-refractivity contribution in [2.24, 2.45) is 5.92 Å². The Morgan fingerprint density at radius 1 is 1.12 bits per heavy atom. The second-order valence-electron chi connectivity index (χ2n) is 6.22. The molecular formula is C18H20N4O2. The summed E-state index contributed by atoms with van der Waals surface area (Å²) in [6.07, 6.45) is 2.00. The van der Waals surface area contributed by atoms with Crippen LogP contribution >= 0.6 is 0 Å². The predicted molar refractivity (Wildman–Crippen MR) is 91.9 cm³/mol. The van der Waals surface area contributed by atoms with E-state index in [0.717, 1.165) is 61.9 Å². The number of hydrogen-bond acceptors (Lipinski definition) is 5. The van der Waals surface area contributed by atoms with Crippen LogP contribution in [0, 0.1) is 5.92 Å². The van der Waals surface area contributed by atoms with Crippen LogP contribution in [0.4, 0.5) is 11.5 Å². The maximum atomic E-state index is 11.9. The standard InChI is InChI=1S/C18H20N4O2/c23-18(13-4-5-13)19-15-3-1-2-14(12-15)16-6-7-17(21-20-16)22-8-10-24-11-9-22/h1-3,6-7,12-13H,4-5,8-11H2,(H,19,23). The SMILES string of the molecule is O=C(Nc1cccc(-c2ccc(N3CCOCC3)nn2)c1)C1CC1. The summed E-state index contributed by atoms with van der Waals surface area (Å²) in [5, 5.41) is 11.7. The molecule has 24 heavy (non-hydrogen) atoms. The van der Waals surface area contributed by atoms with Crippen LogP contribution in [0.3, 0.4) is 0 Å². The highest BCUT2D eigenvalue weighted by molar-refractivity contribution is 5.94. The van der Waals surface area contributed by atoms with Gasteiger partial charge in [-0.2, -0.15) is 0 Å². The number of ether oxygens (including phenoxy) is 1. The van der Waals surface area contributed by atoms with Gasteiger partial charge in [-0.3, -0.25) is 4.79 Å². The van der Waals surface area contributed by atoms with Crippen molar-refractivity contribution < 1.29 is 9.53 Å². The van der Waals surface area contributed by atoms with Crippen molar-refractivity contribution in [3.8, 4) is 11.3 Å². The fourth-order valence-corrected chi connectivity index (χ4v) is 2.79. The molecule has 6 nitrogen and oxygen atoms in total. The maximum absolute atomic E-state index is 11.9. The molecule has 1 aliphatic carbocycles. The Balaban J connectivity index is 1.49. The number of carbonyl (C=O) groups is 1. The predicted octanol–water partition coefficient (Wildman–Crippen LogP) is 2.33. The van der Waals surface area contributed by atoms with Crippen molar-refractivity contribution in [3.63, 3.8) is 0 Å². The van der Waals surface area contributed by atoms with Crippen molar-refractivity contribution in [2.45, 2.75) is 12.8 Å². The Kier molecular flexibility index (Phi) is 4.13. The van der Waals surface area contributed by atoms with Crippen molar-refractivity contribution in [2.75, 3.05) is 36.5 Å². The molecule has 1 saturated heterocycles. The van der Waals surface area contributed by atoms with Gasteiger partial charge in [0.1, 0.15) is 0 Å². The van der Waals surface area contributed by atoms with Gasteiger partial charge in [-0.25, -0.2) is 0 Å². The monoisotopic (exact) mass is 324 g/mol. The minimum atomic E-state index is 0.112. The summed E-state index contributed by atoms with van der Waals surface area (Å²) in [5.41, 5.74) is 2.56. The largest absolute Gasteiger partial charge is 0.378 e. The third kappa shape index (κ3) is 3.38. The van der Waals surface area contributed by atoms with Crippen LogP contribution in [0.5, 0.6) is 0 Å². The van der Waals surface area contributed by atoms with Gasteiger partial charge in [-0.1, -0.05) is 12.1 Å². The molecule has 2 aromatic rings. The Morgan fingerprint density at radius 2 is 1.96 bits per heavy atom. The Morgan fingerprint density at radius 3 is 2.67 bits per heavy atom. The van der Waals surface area contributed by atoms with Crippen LogP contribution in [0.15, 0.2) is 36.4 Å². The lowest BCUT2D eigenvalue weighted by molar-refractivity contribution is -0.117. The van der Waals surface area contributed by atoms with Gasteiger partial charge in [0, 0.05) is 30.3 Å². The molecule has 1 saturated carbocycles. The molecular weight excluding hydrogens is 304 g/mol. The van der Waals surface area contributed by atoms with Crippen molar-refractivity contribution in [3.05, 3.63) is 36.4 Å². The van der Waals surface area contributed by atoms with Crippen LogP contribution in [0.25, 0.3) is 11.3 Å². The number of morpholine rings is 1. The van der Waals surface area contributed by atoms with Gasteiger partial charge in [-0.15, -0.1) is 10.2 Å². The van der Waals surface area contributed by atoms with Gasteiger partial charge in [0.25, 0.3) is 0 Å². The lowest BCUT2D eigenvalue weighted by Crippen LogP contribution is -2.36. The highest BCUT2D eigenvalue weighted by atomic mass is 16.5. The van der Waals surface area contributed by atoms with Gasteiger partial charge >= 0.3 is 0 Å². The van der Waals surface area contributed by atoms with Gasteiger partial charge in [0.2, 0.25) is 5.91 Å². The number of rotatable bonds is 4. The molecule has 2 fully saturated rings. The highest BCUT2D eigenvalue weighted by Gasteiger charge is 2.29. The molecule has 1 aromatic carbocycles. The van der Waals surface area contributed by atoms with E-state index in [1.807, 2.05) is 36.4 Å². The highest BCUT2D eigenvalue weighted by Crippen LogP contribution is 2.30. The van der Waals surface area contributed by atoms with E-state index in [0.29, 0.717) is 0 Å². The van der Waals surface area contributed by atoms with Crippen molar-refractivity contribution >= 4 is 17.4 Å². The molecule has 1 N–H and O–H groups in total.